The van der Waals surface area contributed by atoms with Gasteiger partial charge in [0.1, 0.15) is 17.7 Å². The predicted octanol–water partition coefficient (Wildman–Crippen LogP) is 3.01. The van der Waals surface area contributed by atoms with Gasteiger partial charge in [-0.2, -0.15) is 0 Å². The van der Waals surface area contributed by atoms with E-state index in [-0.39, 0.29) is 48.3 Å². The van der Waals surface area contributed by atoms with E-state index in [4.69, 9.17) is 4.74 Å². The van der Waals surface area contributed by atoms with Crippen molar-refractivity contribution < 1.29 is 13.9 Å². The third-order valence-electron chi connectivity index (χ3n) is 3.41. The van der Waals surface area contributed by atoms with Crippen LogP contribution in [0.25, 0.3) is 0 Å². The van der Waals surface area contributed by atoms with Gasteiger partial charge in [-0.25, -0.2) is 4.39 Å². The molecule has 0 aliphatic heterocycles. The van der Waals surface area contributed by atoms with E-state index < -0.39 is 0 Å². The second-order valence-corrected chi connectivity index (χ2v) is 5.60. The number of hydrogen-bond acceptors (Lipinski definition) is 3. The maximum absolute atomic E-state index is 12.9. The molecule has 8 heteroatoms. The highest BCUT2D eigenvalue weighted by Crippen LogP contribution is 2.12. The molecule has 0 aromatic heterocycles. The number of benzene rings is 2. The number of hydrogen-bond donors (Lipinski definition) is 3. The van der Waals surface area contributed by atoms with E-state index in [0.717, 1.165) is 5.69 Å². The summed E-state index contributed by atoms with van der Waals surface area (Å²) in [6.45, 7) is 2.44. The van der Waals surface area contributed by atoms with E-state index in [2.05, 4.69) is 20.9 Å². The molecular weight excluding hydrogens is 462 g/mol. The predicted molar refractivity (Wildman–Crippen MR) is 116 cm³/mol. The molecule has 2 aromatic carbocycles. The van der Waals surface area contributed by atoms with Gasteiger partial charge in [-0.05, 0) is 43.3 Å². The Morgan fingerprint density at radius 1 is 1.11 bits per heavy atom. The van der Waals surface area contributed by atoms with Gasteiger partial charge in [0.05, 0.1) is 13.1 Å². The van der Waals surface area contributed by atoms with Crippen LogP contribution in [-0.4, -0.2) is 38.1 Å². The first-order valence-corrected chi connectivity index (χ1v) is 8.28. The number of carbonyl (C=O) groups is 1. The van der Waals surface area contributed by atoms with E-state index in [0.29, 0.717) is 18.3 Å². The van der Waals surface area contributed by atoms with Gasteiger partial charge in [-0.1, -0.05) is 18.2 Å². The molecular formula is C19H24FIN4O2. The summed E-state index contributed by atoms with van der Waals surface area (Å²) in [5, 5.41) is 8.80. The Morgan fingerprint density at radius 2 is 1.78 bits per heavy atom. The van der Waals surface area contributed by atoms with E-state index in [1.807, 2.05) is 37.3 Å². The smallest absolute Gasteiger partial charge is 0.243 e. The van der Waals surface area contributed by atoms with Crippen molar-refractivity contribution in [3.63, 3.8) is 0 Å². The molecule has 1 unspecified atom stereocenters. The quantitative estimate of drug-likeness (QED) is 0.320. The molecule has 27 heavy (non-hydrogen) atoms. The van der Waals surface area contributed by atoms with Crippen LogP contribution >= 0.6 is 24.0 Å². The van der Waals surface area contributed by atoms with Crippen molar-refractivity contribution in [1.29, 1.82) is 0 Å². The van der Waals surface area contributed by atoms with Gasteiger partial charge < -0.3 is 20.7 Å². The molecule has 146 valence electrons. The van der Waals surface area contributed by atoms with Gasteiger partial charge in [0, 0.05) is 12.7 Å². The van der Waals surface area contributed by atoms with Gasteiger partial charge in [0.15, 0.2) is 5.96 Å². The van der Waals surface area contributed by atoms with E-state index in [1.165, 1.54) is 12.1 Å². The van der Waals surface area contributed by atoms with Crippen molar-refractivity contribution in [3.05, 3.63) is 60.4 Å². The van der Waals surface area contributed by atoms with Gasteiger partial charge in [-0.15, -0.1) is 24.0 Å². The topological polar surface area (TPSA) is 74.8 Å². The number of nitrogens with zero attached hydrogens (tertiary/aromatic N) is 1. The Morgan fingerprint density at radius 3 is 2.41 bits per heavy atom. The minimum atomic E-state index is -0.304. The molecule has 0 aliphatic rings. The van der Waals surface area contributed by atoms with Crippen molar-refractivity contribution in [1.82, 2.24) is 10.6 Å². The monoisotopic (exact) mass is 486 g/mol. The van der Waals surface area contributed by atoms with Gasteiger partial charge >= 0.3 is 0 Å². The third kappa shape index (κ3) is 8.72. The van der Waals surface area contributed by atoms with Gasteiger partial charge in [0.25, 0.3) is 0 Å². The summed E-state index contributed by atoms with van der Waals surface area (Å²) in [4.78, 5) is 16.0. The maximum Gasteiger partial charge on any atom is 0.243 e. The molecule has 6 nitrogen and oxygen atoms in total. The molecule has 2 rings (SSSR count). The van der Waals surface area contributed by atoms with Crippen LogP contribution in [0.3, 0.4) is 0 Å². The van der Waals surface area contributed by atoms with E-state index in [9.17, 15) is 9.18 Å². The lowest BCUT2D eigenvalue weighted by atomic mass is 10.3. The average molecular weight is 486 g/mol. The second kappa shape index (κ2) is 12.1. The number of rotatable bonds is 7. The zero-order chi connectivity index (χ0) is 18.8. The molecule has 0 saturated heterocycles. The van der Waals surface area contributed by atoms with Crippen LogP contribution in [0.15, 0.2) is 59.6 Å². The molecule has 1 atom stereocenters. The Kier molecular flexibility index (Phi) is 10.2. The fourth-order valence-corrected chi connectivity index (χ4v) is 2.14. The van der Waals surface area contributed by atoms with E-state index >= 15 is 0 Å². The Labute approximate surface area is 175 Å². The second-order valence-electron chi connectivity index (χ2n) is 5.60. The molecule has 0 spiro atoms. The summed E-state index contributed by atoms with van der Waals surface area (Å²) < 4.78 is 18.6. The van der Waals surface area contributed by atoms with Crippen LogP contribution < -0.4 is 20.7 Å². The third-order valence-corrected chi connectivity index (χ3v) is 3.41. The lowest BCUT2D eigenvalue weighted by Gasteiger charge is -2.17. The van der Waals surface area contributed by atoms with Gasteiger partial charge in [-0.3, -0.25) is 9.79 Å². The number of halogens is 2. The summed E-state index contributed by atoms with van der Waals surface area (Å²) in [6.07, 6.45) is -0.169. The molecule has 1 amide bonds. The Bertz CT molecular complexity index is 726. The number of nitrogens with one attached hydrogen (secondary N) is 3. The Balaban J connectivity index is 0.00000364. The highest BCUT2D eigenvalue weighted by atomic mass is 127. The highest BCUT2D eigenvalue weighted by molar-refractivity contribution is 14.0. The number of amides is 1. The standard InChI is InChI=1S/C19H23FN4O2.HI/c1-14(26-17-10-8-15(20)9-11-17)12-22-19(21-2)23-13-18(25)24-16-6-4-3-5-7-16;/h3-11,14H,12-13H2,1-2H3,(H,24,25)(H2,21,22,23);1H. The maximum atomic E-state index is 12.9. The van der Waals surface area contributed by atoms with E-state index in [1.54, 1.807) is 19.2 Å². The average Bonchev–Trinajstić information content (AvgIpc) is 2.64. The largest absolute Gasteiger partial charge is 0.489 e. The summed E-state index contributed by atoms with van der Waals surface area (Å²) >= 11 is 0. The van der Waals surface area contributed by atoms with Crippen LogP contribution in [0.4, 0.5) is 10.1 Å². The van der Waals surface area contributed by atoms with Crippen LogP contribution in [0.1, 0.15) is 6.92 Å². The van der Waals surface area contributed by atoms with Crippen LogP contribution in [0.2, 0.25) is 0 Å². The normalized spacial score (nSPS) is 11.7. The number of anilines is 1. The summed E-state index contributed by atoms with van der Waals surface area (Å²) in [6, 6.07) is 15.1. The van der Waals surface area contributed by atoms with Crippen LogP contribution in [-0.2, 0) is 4.79 Å². The zero-order valence-electron chi connectivity index (χ0n) is 15.2. The summed E-state index contributed by atoms with van der Waals surface area (Å²) in [5.74, 6) is 0.602. The first kappa shape index (κ1) is 22.7. The molecule has 2 aromatic rings. The number of guanidine groups is 1. The molecule has 0 heterocycles. The number of ether oxygens (including phenoxy) is 1. The SMILES string of the molecule is CN=C(NCC(=O)Nc1ccccc1)NCC(C)Oc1ccc(F)cc1.I. The lowest BCUT2D eigenvalue weighted by Crippen LogP contribution is -2.44. The summed E-state index contributed by atoms with van der Waals surface area (Å²) in [5.41, 5.74) is 0.739. The molecule has 0 fully saturated rings. The molecule has 0 radical (unpaired) electrons. The molecule has 3 N–H and O–H groups in total. The highest BCUT2D eigenvalue weighted by Gasteiger charge is 2.08. The van der Waals surface area contributed by atoms with Gasteiger partial charge in [0.2, 0.25) is 5.91 Å². The first-order chi connectivity index (χ1) is 12.6. The van der Waals surface area contributed by atoms with Crippen LogP contribution in [0.5, 0.6) is 5.75 Å². The van der Waals surface area contributed by atoms with Crippen molar-refractivity contribution >= 4 is 41.5 Å². The molecule has 0 saturated carbocycles. The first-order valence-electron chi connectivity index (χ1n) is 8.28. The Hall–Kier alpha value is -2.36. The fourth-order valence-electron chi connectivity index (χ4n) is 2.14. The number of aliphatic imine (C=N–C) groups is 1. The number of carbonyl (C=O) groups excluding carboxylic acids is 1. The van der Waals surface area contributed by atoms with Crippen LogP contribution in [0, 0.1) is 5.82 Å². The minimum absolute atomic E-state index is 0. The van der Waals surface area contributed by atoms with Crippen molar-refractivity contribution in [3.8, 4) is 5.75 Å². The minimum Gasteiger partial charge on any atom is -0.489 e. The summed E-state index contributed by atoms with van der Waals surface area (Å²) in [7, 11) is 1.62. The van der Waals surface area contributed by atoms with Crippen molar-refractivity contribution in [2.45, 2.75) is 13.0 Å². The zero-order valence-corrected chi connectivity index (χ0v) is 17.6. The van der Waals surface area contributed by atoms with Crippen molar-refractivity contribution in [2.24, 2.45) is 4.99 Å². The number of para-hydroxylation sites is 1. The lowest BCUT2D eigenvalue weighted by molar-refractivity contribution is -0.115. The molecule has 0 aliphatic carbocycles. The fraction of sp³-hybridized carbons (Fsp3) is 0.263. The molecule has 0 bridgehead atoms. The van der Waals surface area contributed by atoms with Crippen molar-refractivity contribution in [2.75, 3.05) is 25.5 Å².